The molecule has 0 unspecified atom stereocenters. The number of amides is 1. The van der Waals surface area contributed by atoms with E-state index in [1.54, 1.807) is 41.3 Å². The molecule has 3 aromatic rings. The van der Waals surface area contributed by atoms with E-state index in [1.165, 1.54) is 33.5 Å². The van der Waals surface area contributed by atoms with Gasteiger partial charge in [0.15, 0.2) is 11.5 Å². The average Bonchev–Trinajstić information content (AvgIpc) is 2.85. The monoisotopic (exact) mass is 450 g/mol. The number of carbonyl (C=O) groups excluding carboxylic acids is 1. The Morgan fingerprint density at radius 3 is 2.00 bits per heavy atom. The number of hydrogen-bond donors (Lipinski definition) is 0. The summed E-state index contributed by atoms with van der Waals surface area (Å²) in [5.41, 5.74) is 1.17. The number of nitrogens with zero attached hydrogens (tertiary/aromatic N) is 2. The highest BCUT2D eigenvalue weighted by atomic mass is 16.6. The Morgan fingerprint density at radius 2 is 1.48 bits per heavy atom. The standard InChI is InChI=1S/C24H22N2O7/c1-30-19-13-17(14-20(31-2)22(19)32-3)25-21(15-9-11-16(12-10-15)26(28)29)23(24(25)27)33-18-7-5-4-6-8-18/h4-14,21,23H,1-3H3/t21-,23+/m1/s1. The molecule has 9 heteroatoms. The van der Waals surface area contributed by atoms with Gasteiger partial charge in [0.2, 0.25) is 11.9 Å². The van der Waals surface area contributed by atoms with Crippen LogP contribution in [0.2, 0.25) is 0 Å². The summed E-state index contributed by atoms with van der Waals surface area (Å²) in [6.07, 6.45) is -0.812. The van der Waals surface area contributed by atoms with E-state index in [2.05, 4.69) is 0 Å². The number of nitro groups is 1. The van der Waals surface area contributed by atoms with Crippen LogP contribution in [0.1, 0.15) is 11.6 Å². The lowest BCUT2D eigenvalue weighted by Crippen LogP contribution is -2.61. The zero-order chi connectivity index (χ0) is 23.5. The number of anilines is 1. The van der Waals surface area contributed by atoms with Crippen LogP contribution in [-0.2, 0) is 4.79 Å². The largest absolute Gasteiger partial charge is 0.493 e. The van der Waals surface area contributed by atoms with Crippen LogP contribution in [-0.4, -0.2) is 38.3 Å². The topological polar surface area (TPSA) is 100 Å². The number of carbonyl (C=O) groups is 1. The third-order valence-electron chi connectivity index (χ3n) is 5.43. The first kappa shape index (κ1) is 21.9. The van der Waals surface area contributed by atoms with Crippen LogP contribution in [0.4, 0.5) is 11.4 Å². The molecule has 4 rings (SSSR count). The molecule has 1 amide bonds. The van der Waals surface area contributed by atoms with Crippen LogP contribution in [0.3, 0.4) is 0 Å². The van der Waals surface area contributed by atoms with Crippen LogP contribution in [0.5, 0.6) is 23.0 Å². The van der Waals surface area contributed by atoms with Crippen molar-refractivity contribution in [1.29, 1.82) is 0 Å². The van der Waals surface area contributed by atoms with Crippen LogP contribution in [0, 0.1) is 10.1 Å². The Balaban J connectivity index is 1.76. The Labute approximate surface area is 190 Å². The van der Waals surface area contributed by atoms with E-state index in [0.29, 0.717) is 34.2 Å². The number of ether oxygens (including phenoxy) is 4. The minimum absolute atomic E-state index is 0.0377. The molecule has 2 atom stereocenters. The van der Waals surface area contributed by atoms with Crippen LogP contribution < -0.4 is 23.8 Å². The molecule has 1 fully saturated rings. The summed E-state index contributed by atoms with van der Waals surface area (Å²) < 4.78 is 22.2. The van der Waals surface area contributed by atoms with Crippen LogP contribution in [0.15, 0.2) is 66.7 Å². The van der Waals surface area contributed by atoms with Crippen molar-refractivity contribution in [2.24, 2.45) is 0 Å². The van der Waals surface area contributed by atoms with Crippen molar-refractivity contribution in [3.05, 3.63) is 82.4 Å². The quantitative estimate of drug-likeness (QED) is 0.289. The normalized spacial score (nSPS) is 17.2. The maximum Gasteiger partial charge on any atom is 0.271 e. The van der Waals surface area contributed by atoms with Crippen LogP contribution in [0.25, 0.3) is 0 Å². The van der Waals surface area contributed by atoms with Gasteiger partial charge in [0.05, 0.1) is 31.9 Å². The maximum atomic E-state index is 13.3. The van der Waals surface area contributed by atoms with Crippen molar-refractivity contribution in [2.45, 2.75) is 12.1 Å². The molecule has 3 aromatic carbocycles. The van der Waals surface area contributed by atoms with Crippen molar-refractivity contribution in [1.82, 2.24) is 0 Å². The molecule has 1 aliphatic heterocycles. The molecule has 9 nitrogen and oxygen atoms in total. The highest BCUT2D eigenvalue weighted by Gasteiger charge is 2.51. The molecule has 0 aromatic heterocycles. The molecule has 0 saturated carbocycles. The summed E-state index contributed by atoms with van der Waals surface area (Å²) in [6.45, 7) is 0. The van der Waals surface area contributed by atoms with Crippen LogP contribution >= 0.6 is 0 Å². The van der Waals surface area contributed by atoms with E-state index >= 15 is 0 Å². The van der Waals surface area contributed by atoms with Gasteiger partial charge in [-0.3, -0.25) is 19.8 Å². The molecule has 0 radical (unpaired) electrons. The number of benzene rings is 3. The number of rotatable bonds is 8. The van der Waals surface area contributed by atoms with Gasteiger partial charge in [-0.2, -0.15) is 0 Å². The summed E-state index contributed by atoms with van der Waals surface area (Å²) in [4.78, 5) is 25.4. The predicted octanol–water partition coefficient (Wildman–Crippen LogP) is 4.16. The third kappa shape index (κ3) is 4.00. The fourth-order valence-electron chi connectivity index (χ4n) is 3.83. The van der Waals surface area contributed by atoms with Crippen molar-refractivity contribution >= 4 is 17.3 Å². The molecule has 0 bridgehead atoms. The molecule has 1 aliphatic rings. The summed E-state index contributed by atoms with van der Waals surface area (Å²) in [5, 5.41) is 11.1. The molecular formula is C24H22N2O7. The minimum atomic E-state index is -0.812. The summed E-state index contributed by atoms with van der Waals surface area (Å²) in [5.74, 6) is 1.48. The zero-order valence-electron chi connectivity index (χ0n) is 18.3. The molecule has 1 heterocycles. The number of β-lactam (4-membered cyclic amide) rings is 1. The van der Waals surface area contributed by atoms with Gasteiger partial charge in [-0.15, -0.1) is 0 Å². The molecule has 33 heavy (non-hydrogen) atoms. The van der Waals surface area contributed by atoms with E-state index in [-0.39, 0.29) is 11.6 Å². The van der Waals surface area contributed by atoms with Gasteiger partial charge in [0.25, 0.3) is 11.6 Å². The zero-order valence-corrected chi connectivity index (χ0v) is 18.3. The van der Waals surface area contributed by atoms with E-state index in [4.69, 9.17) is 18.9 Å². The van der Waals surface area contributed by atoms with Gasteiger partial charge in [-0.25, -0.2) is 0 Å². The second-order valence-corrected chi connectivity index (χ2v) is 7.24. The van der Waals surface area contributed by atoms with Gasteiger partial charge in [-0.05, 0) is 29.8 Å². The van der Waals surface area contributed by atoms with Gasteiger partial charge in [0.1, 0.15) is 11.8 Å². The summed E-state index contributed by atoms with van der Waals surface area (Å²) >= 11 is 0. The van der Waals surface area contributed by atoms with Crippen molar-refractivity contribution in [3.63, 3.8) is 0 Å². The smallest absolute Gasteiger partial charge is 0.271 e. The Morgan fingerprint density at radius 1 is 0.879 bits per heavy atom. The molecule has 1 saturated heterocycles. The first-order valence-electron chi connectivity index (χ1n) is 10.1. The Bertz CT molecular complexity index is 1140. The number of para-hydroxylation sites is 1. The van der Waals surface area contributed by atoms with Gasteiger partial charge in [0, 0.05) is 24.3 Å². The lowest BCUT2D eigenvalue weighted by atomic mass is 9.89. The Kier molecular flexibility index (Phi) is 6.03. The van der Waals surface area contributed by atoms with E-state index in [1.807, 2.05) is 18.2 Å². The third-order valence-corrected chi connectivity index (χ3v) is 5.43. The average molecular weight is 450 g/mol. The molecule has 0 spiro atoms. The second kappa shape index (κ2) is 9.07. The predicted molar refractivity (Wildman–Crippen MR) is 120 cm³/mol. The molecular weight excluding hydrogens is 428 g/mol. The fraction of sp³-hybridized carbons (Fsp3) is 0.208. The van der Waals surface area contributed by atoms with Gasteiger partial charge >= 0.3 is 0 Å². The number of non-ortho nitro benzene ring substituents is 1. The minimum Gasteiger partial charge on any atom is -0.493 e. The van der Waals surface area contributed by atoms with Gasteiger partial charge < -0.3 is 18.9 Å². The van der Waals surface area contributed by atoms with Crippen molar-refractivity contribution in [3.8, 4) is 23.0 Å². The highest BCUT2D eigenvalue weighted by molar-refractivity contribution is 6.05. The Hall–Kier alpha value is -4.27. The fourth-order valence-corrected chi connectivity index (χ4v) is 3.83. The van der Waals surface area contributed by atoms with Crippen molar-refractivity contribution in [2.75, 3.05) is 26.2 Å². The number of nitro benzene ring substituents is 1. The number of hydrogen-bond acceptors (Lipinski definition) is 7. The lowest BCUT2D eigenvalue weighted by molar-refractivity contribution is -0.384. The maximum absolute atomic E-state index is 13.3. The van der Waals surface area contributed by atoms with E-state index in [9.17, 15) is 14.9 Å². The van der Waals surface area contributed by atoms with Gasteiger partial charge in [-0.1, -0.05) is 18.2 Å². The van der Waals surface area contributed by atoms with E-state index in [0.717, 1.165) is 0 Å². The van der Waals surface area contributed by atoms with Crippen molar-refractivity contribution < 1.29 is 28.7 Å². The SMILES string of the molecule is COc1cc(N2C(=O)[C@@H](Oc3ccccc3)[C@H]2c2ccc([N+](=O)[O-])cc2)cc(OC)c1OC. The molecule has 0 aliphatic carbocycles. The first-order chi connectivity index (χ1) is 16.0. The second-order valence-electron chi connectivity index (χ2n) is 7.24. The lowest BCUT2D eigenvalue weighted by Gasteiger charge is -2.46. The molecule has 170 valence electrons. The first-order valence-corrected chi connectivity index (χ1v) is 10.1. The number of methoxy groups -OCH3 is 3. The summed E-state index contributed by atoms with van der Waals surface area (Å²) in [7, 11) is 4.49. The highest BCUT2D eigenvalue weighted by Crippen LogP contribution is 2.47. The summed E-state index contributed by atoms with van der Waals surface area (Å²) in [6, 6.07) is 17.9. The van der Waals surface area contributed by atoms with E-state index < -0.39 is 17.1 Å². The molecule has 0 N–H and O–H groups in total.